The van der Waals surface area contributed by atoms with Crippen LogP contribution in [-0.2, 0) is 0 Å². The van der Waals surface area contributed by atoms with E-state index < -0.39 is 0 Å². The van der Waals surface area contributed by atoms with E-state index in [2.05, 4.69) is 24.3 Å². The van der Waals surface area contributed by atoms with Crippen LogP contribution in [0.1, 0.15) is 50.2 Å². The molecule has 6 rings (SSSR count). The molecule has 120 valence electrons. The lowest BCUT2D eigenvalue weighted by molar-refractivity contribution is 0.0652. The van der Waals surface area contributed by atoms with Crippen LogP contribution in [0.4, 0.5) is 0 Å². The molecule has 1 nitrogen and oxygen atoms in total. The summed E-state index contributed by atoms with van der Waals surface area (Å²) in [4.78, 5) is 0. The first kappa shape index (κ1) is 14.0. The molecule has 4 fully saturated rings. The third-order valence-corrected chi connectivity index (χ3v) is 6.96. The molecule has 2 atom stereocenters. The molecule has 0 unspecified atom stereocenters. The van der Waals surface area contributed by atoms with E-state index in [4.69, 9.17) is 0 Å². The van der Waals surface area contributed by atoms with Crippen molar-refractivity contribution >= 4 is 0 Å². The maximum Gasteiger partial charge on any atom is 0.0861 e. The third kappa shape index (κ3) is 2.24. The smallest absolute Gasteiger partial charge is 0.0861 e. The molecule has 1 aromatic rings. The van der Waals surface area contributed by atoms with Crippen molar-refractivity contribution < 1.29 is 5.11 Å². The SMILES string of the molecule is O[C@H](c1ccccc1)[C@H]1CC=CC1=C1C2CC3CC(C2)CC1C3. The van der Waals surface area contributed by atoms with E-state index in [1.54, 1.807) is 5.57 Å². The molecule has 4 bridgehead atoms. The first-order valence-electron chi connectivity index (χ1n) is 9.43. The van der Waals surface area contributed by atoms with Gasteiger partial charge in [0.05, 0.1) is 6.10 Å². The Labute approximate surface area is 139 Å². The number of allylic oxidation sites excluding steroid dienone is 3. The average Bonchev–Trinajstić information content (AvgIpc) is 3.03. The Hall–Kier alpha value is -1.34. The van der Waals surface area contributed by atoms with Crippen molar-refractivity contribution in [3.8, 4) is 0 Å². The molecule has 0 aromatic heterocycles. The third-order valence-electron chi connectivity index (χ3n) is 6.96. The summed E-state index contributed by atoms with van der Waals surface area (Å²) < 4.78 is 0. The van der Waals surface area contributed by atoms with Crippen molar-refractivity contribution in [2.75, 3.05) is 0 Å². The minimum Gasteiger partial charge on any atom is -0.388 e. The van der Waals surface area contributed by atoms with Crippen molar-refractivity contribution in [3.63, 3.8) is 0 Å². The van der Waals surface area contributed by atoms with Gasteiger partial charge in [-0.05, 0) is 73.3 Å². The number of rotatable bonds is 2. The monoisotopic (exact) mass is 306 g/mol. The zero-order valence-electron chi connectivity index (χ0n) is 13.7. The highest BCUT2D eigenvalue weighted by molar-refractivity contribution is 5.40. The van der Waals surface area contributed by atoms with Crippen LogP contribution >= 0.6 is 0 Å². The lowest BCUT2D eigenvalue weighted by Gasteiger charge is -2.52. The average molecular weight is 306 g/mol. The molecule has 1 N–H and O–H groups in total. The summed E-state index contributed by atoms with van der Waals surface area (Å²) in [7, 11) is 0. The summed E-state index contributed by atoms with van der Waals surface area (Å²) >= 11 is 0. The van der Waals surface area contributed by atoms with Gasteiger partial charge in [-0.15, -0.1) is 0 Å². The van der Waals surface area contributed by atoms with Gasteiger partial charge in [0, 0.05) is 5.92 Å². The molecule has 1 heteroatoms. The van der Waals surface area contributed by atoms with Crippen molar-refractivity contribution in [2.45, 2.75) is 44.6 Å². The Morgan fingerprint density at radius 3 is 2.17 bits per heavy atom. The minimum atomic E-state index is -0.356. The van der Waals surface area contributed by atoms with Crippen LogP contribution in [-0.4, -0.2) is 5.11 Å². The van der Waals surface area contributed by atoms with E-state index in [9.17, 15) is 5.11 Å². The van der Waals surface area contributed by atoms with E-state index in [1.807, 2.05) is 18.2 Å². The Morgan fingerprint density at radius 1 is 0.870 bits per heavy atom. The fourth-order valence-electron chi connectivity index (χ4n) is 6.25. The van der Waals surface area contributed by atoms with Crippen molar-refractivity contribution in [1.29, 1.82) is 0 Å². The van der Waals surface area contributed by atoms with Crippen LogP contribution < -0.4 is 0 Å². The molecule has 0 radical (unpaired) electrons. The summed E-state index contributed by atoms with van der Waals surface area (Å²) in [5.41, 5.74) is 4.34. The molecule has 4 saturated carbocycles. The second-order valence-corrected chi connectivity index (χ2v) is 8.32. The van der Waals surface area contributed by atoms with E-state index >= 15 is 0 Å². The van der Waals surface area contributed by atoms with Gasteiger partial charge in [0.1, 0.15) is 0 Å². The number of hydrogen-bond acceptors (Lipinski definition) is 1. The molecule has 0 aliphatic heterocycles. The van der Waals surface area contributed by atoms with Crippen LogP contribution in [0.25, 0.3) is 0 Å². The zero-order valence-corrected chi connectivity index (χ0v) is 13.7. The maximum atomic E-state index is 11.0. The van der Waals surface area contributed by atoms with Gasteiger partial charge < -0.3 is 5.11 Å². The van der Waals surface area contributed by atoms with E-state index in [0.29, 0.717) is 0 Å². The Kier molecular flexibility index (Phi) is 3.26. The standard InChI is InChI=1S/C22H26O/c23-22(16-5-2-1-3-6-16)20-8-4-7-19(20)21-17-10-14-9-15(12-17)13-18(21)11-14/h1-7,14-15,17-18,20,22-23H,8-13H2/t14?,15?,17?,18?,20-,22+/m0/s1. The largest absolute Gasteiger partial charge is 0.388 e. The van der Waals surface area contributed by atoms with Crippen molar-refractivity contribution in [2.24, 2.45) is 29.6 Å². The summed E-state index contributed by atoms with van der Waals surface area (Å²) in [5.74, 6) is 3.95. The van der Waals surface area contributed by atoms with Crippen LogP contribution in [0, 0.1) is 29.6 Å². The minimum absolute atomic E-state index is 0.282. The highest BCUT2D eigenvalue weighted by atomic mass is 16.3. The highest BCUT2D eigenvalue weighted by Gasteiger charge is 2.47. The maximum absolute atomic E-state index is 11.0. The van der Waals surface area contributed by atoms with E-state index in [0.717, 1.165) is 35.7 Å². The molecule has 0 saturated heterocycles. The van der Waals surface area contributed by atoms with Gasteiger partial charge in [-0.2, -0.15) is 0 Å². The number of aliphatic hydroxyl groups is 1. The fourth-order valence-corrected chi connectivity index (χ4v) is 6.25. The highest BCUT2D eigenvalue weighted by Crippen LogP contribution is 2.58. The number of hydrogen-bond donors (Lipinski definition) is 1. The van der Waals surface area contributed by atoms with Crippen LogP contribution in [0.3, 0.4) is 0 Å². The first-order chi connectivity index (χ1) is 11.3. The molecule has 5 aliphatic carbocycles. The summed E-state index contributed by atoms with van der Waals surface area (Å²) in [6, 6.07) is 10.2. The molecule has 0 amide bonds. The topological polar surface area (TPSA) is 20.2 Å². The Morgan fingerprint density at radius 2 is 1.52 bits per heavy atom. The predicted molar refractivity (Wildman–Crippen MR) is 92.7 cm³/mol. The van der Waals surface area contributed by atoms with Crippen molar-refractivity contribution in [1.82, 2.24) is 0 Å². The van der Waals surface area contributed by atoms with Crippen LogP contribution in [0.15, 0.2) is 53.6 Å². The lowest BCUT2D eigenvalue weighted by atomic mass is 9.53. The van der Waals surface area contributed by atoms with E-state index in [1.165, 1.54) is 37.7 Å². The lowest BCUT2D eigenvalue weighted by Crippen LogP contribution is -2.41. The number of benzene rings is 1. The molecule has 5 aliphatic rings. The molecule has 23 heavy (non-hydrogen) atoms. The summed E-state index contributed by atoms with van der Waals surface area (Å²) in [5, 5.41) is 11.0. The molecular weight excluding hydrogens is 280 g/mol. The summed E-state index contributed by atoms with van der Waals surface area (Å²) in [6.45, 7) is 0. The van der Waals surface area contributed by atoms with Gasteiger partial charge in [0.2, 0.25) is 0 Å². The Bertz CT molecular complexity index is 624. The molecule has 0 heterocycles. The zero-order chi connectivity index (χ0) is 15.4. The molecule has 1 aromatic carbocycles. The number of aliphatic hydroxyl groups excluding tert-OH is 1. The van der Waals surface area contributed by atoms with Crippen LogP contribution in [0.5, 0.6) is 0 Å². The van der Waals surface area contributed by atoms with Gasteiger partial charge >= 0.3 is 0 Å². The van der Waals surface area contributed by atoms with Gasteiger partial charge in [-0.25, -0.2) is 0 Å². The molecular formula is C22H26O. The first-order valence-corrected chi connectivity index (χ1v) is 9.43. The van der Waals surface area contributed by atoms with Crippen molar-refractivity contribution in [3.05, 3.63) is 59.2 Å². The second-order valence-electron chi connectivity index (χ2n) is 8.32. The van der Waals surface area contributed by atoms with Gasteiger partial charge in [-0.3, -0.25) is 0 Å². The van der Waals surface area contributed by atoms with Gasteiger partial charge in [0.25, 0.3) is 0 Å². The van der Waals surface area contributed by atoms with Gasteiger partial charge in [0.15, 0.2) is 0 Å². The van der Waals surface area contributed by atoms with Crippen LogP contribution in [0.2, 0.25) is 0 Å². The Balaban J connectivity index is 1.50. The van der Waals surface area contributed by atoms with E-state index in [-0.39, 0.29) is 12.0 Å². The fraction of sp³-hybridized carbons (Fsp3) is 0.545. The normalized spacial score (nSPS) is 39.3. The quantitative estimate of drug-likeness (QED) is 0.810. The molecule has 0 spiro atoms. The second kappa shape index (κ2) is 5.34. The van der Waals surface area contributed by atoms with Gasteiger partial charge in [-0.1, -0.05) is 48.1 Å². The predicted octanol–water partition coefficient (Wildman–Crippen LogP) is 5.05. The summed E-state index contributed by atoms with van der Waals surface area (Å²) in [6.07, 6.45) is 12.5.